The summed E-state index contributed by atoms with van der Waals surface area (Å²) < 4.78 is 13.0. The molecule has 3 rings (SSSR count). The molecule has 0 fully saturated rings. The fourth-order valence-corrected chi connectivity index (χ4v) is 2.88. The van der Waals surface area contributed by atoms with Gasteiger partial charge in [0.25, 0.3) is 5.91 Å². The summed E-state index contributed by atoms with van der Waals surface area (Å²) in [4.78, 5) is 18.9. The topological polar surface area (TPSA) is 57.3 Å². The van der Waals surface area contributed by atoms with Crippen LogP contribution in [0.4, 0.5) is 27.1 Å². The number of amides is 1. The first-order chi connectivity index (χ1) is 13.6. The Bertz CT molecular complexity index is 922. The van der Waals surface area contributed by atoms with Gasteiger partial charge in [0.1, 0.15) is 5.82 Å². The van der Waals surface area contributed by atoms with Crippen LogP contribution < -0.4 is 15.5 Å². The molecule has 0 radical (unpaired) electrons. The van der Waals surface area contributed by atoms with Crippen LogP contribution in [-0.4, -0.2) is 24.0 Å². The van der Waals surface area contributed by atoms with E-state index >= 15 is 0 Å². The fraction of sp³-hybridized carbons (Fsp3) is 0.182. The molecule has 2 aromatic carbocycles. The highest BCUT2D eigenvalue weighted by molar-refractivity contribution is 6.04. The lowest BCUT2D eigenvalue weighted by Gasteiger charge is -2.21. The zero-order chi connectivity index (χ0) is 19.9. The largest absolute Gasteiger partial charge is 0.372 e. The Morgan fingerprint density at radius 1 is 0.929 bits per heavy atom. The first-order valence-electron chi connectivity index (χ1n) is 9.23. The summed E-state index contributed by atoms with van der Waals surface area (Å²) in [5, 5.41) is 5.99. The van der Waals surface area contributed by atoms with E-state index in [2.05, 4.69) is 34.4 Å². The Morgan fingerprint density at radius 2 is 1.57 bits per heavy atom. The number of carbonyl (C=O) groups is 1. The molecular formula is C22H23FN4O. The molecule has 2 N–H and O–H groups in total. The Kier molecular flexibility index (Phi) is 6.22. The van der Waals surface area contributed by atoms with E-state index < -0.39 is 0 Å². The molecule has 144 valence electrons. The number of hydrogen-bond acceptors (Lipinski definition) is 4. The summed E-state index contributed by atoms with van der Waals surface area (Å²) >= 11 is 0. The molecule has 1 aromatic heterocycles. The van der Waals surface area contributed by atoms with Gasteiger partial charge in [-0.05, 0) is 68.4 Å². The van der Waals surface area contributed by atoms with Gasteiger partial charge >= 0.3 is 0 Å². The van der Waals surface area contributed by atoms with E-state index in [1.54, 1.807) is 24.4 Å². The molecule has 0 aliphatic rings. The number of benzene rings is 2. The lowest BCUT2D eigenvalue weighted by Crippen LogP contribution is -2.21. The smallest absolute Gasteiger partial charge is 0.257 e. The lowest BCUT2D eigenvalue weighted by atomic mass is 10.2. The van der Waals surface area contributed by atoms with Gasteiger partial charge in [0.15, 0.2) is 0 Å². The van der Waals surface area contributed by atoms with Gasteiger partial charge in [-0.1, -0.05) is 0 Å². The molecule has 0 saturated carbocycles. The number of halogens is 1. The minimum Gasteiger partial charge on any atom is -0.372 e. The molecule has 28 heavy (non-hydrogen) atoms. The summed E-state index contributed by atoms with van der Waals surface area (Å²) in [6.45, 7) is 6.09. The number of aromatic nitrogens is 1. The van der Waals surface area contributed by atoms with Crippen molar-refractivity contribution < 1.29 is 9.18 Å². The van der Waals surface area contributed by atoms with Gasteiger partial charge < -0.3 is 15.5 Å². The van der Waals surface area contributed by atoms with E-state index in [4.69, 9.17) is 0 Å². The van der Waals surface area contributed by atoms with E-state index in [9.17, 15) is 9.18 Å². The summed E-state index contributed by atoms with van der Waals surface area (Å²) in [5.41, 5.74) is 3.64. The predicted molar refractivity (Wildman–Crippen MR) is 112 cm³/mol. The van der Waals surface area contributed by atoms with Gasteiger partial charge in [0.2, 0.25) is 0 Å². The van der Waals surface area contributed by atoms with Gasteiger partial charge in [-0.3, -0.25) is 9.78 Å². The minimum absolute atomic E-state index is 0.245. The van der Waals surface area contributed by atoms with Crippen LogP contribution in [0.3, 0.4) is 0 Å². The monoisotopic (exact) mass is 378 g/mol. The van der Waals surface area contributed by atoms with E-state index in [0.29, 0.717) is 16.9 Å². The van der Waals surface area contributed by atoms with Gasteiger partial charge in [-0.2, -0.15) is 0 Å². The fourth-order valence-electron chi connectivity index (χ4n) is 2.88. The predicted octanol–water partition coefficient (Wildman–Crippen LogP) is 5.06. The average Bonchev–Trinajstić information content (AvgIpc) is 2.72. The molecule has 0 bridgehead atoms. The Morgan fingerprint density at radius 3 is 2.21 bits per heavy atom. The molecule has 5 nitrogen and oxygen atoms in total. The second-order valence-corrected chi connectivity index (χ2v) is 6.27. The van der Waals surface area contributed by atoms with E-state index in [1.165, 1.54) is 18.3 Å². The molecule has 0 saturated heterocycles. The van der Waals surface area contributed by atoms with E-state index in [0.717, 1.165) is 24.5 Å². The van der Waals surface area contributed by atoms with Crippen LogP contribution in [0.15, 0.2) is 67.0 Å². The third-order valence-corrected chi connectivity index (χ3v) is 4.39. The molecule has 0 aliphatic heterocycles. The Labute approximate surface area is 164 Å². The van der Waals surface area contributed by atoms with Crippen molar-refractivity contribution in [3.8, 4) is 0 Å². The van der Waals surface area contributed by atoms with Crippen LogP contribution in [0.1, 0.15) is 24.2 Å². The van der Waals surface area contributed by atoms with Crippen molar-refractivity contribution in [3.63, 3.8) is 0 Å². The van der Waals surface area contributed by atoms with Crippen LogP contribution >= 0.6 is 0 Å². The minimum atomic E-state index is -0.302. The quantitative estimate of drug-likeness (QED) is 0.603. The highest BCUT2D eigenvalue weighted by atomic mass is 19.1. The number of nitrogens with zero attached hydrogens (tertiary/aromatic N) is 2. The molecule has 6 heteroatoms. The highest BCUT2D eigenvalue weighted by Crippen LogP contribution is 2.20. The maximum absolute atomic E-state index is 13.0. The maximum Gasteiger partial charge on any atom is 0.257 e. The summed E-state index contributed by atoms with van der Waals surface area (Å²) in [5.74, 6) is -0.547. The summed E-state index contributed by atoms with van der Waals surface area (Å²) in [7, 11) is 0. The number of rotatable bonds is 7. The number of pyridine rings is 1. The van der Waals surface area contributed by atoms with Gasteiger partial charge in [-0.25, -0.2) is 4.39 Å². The highest BCUT2D eigenvalue weighted by Gasteiger charge is 2.09. The van der Waals surface area contributed by atoms with E-state index in [1.807, 2.05) is 24.3 Å². The van der Waals surface area contributed by atoms with Gasteiger partial charge in [0.05, 0.1) is 17.4 Å². The zero-order valence-corrected chi connectivity index (χ0v) is 15.9. The molecule has 0 atom stereocenters. The number of nitrogens with one attached hydrogen (secondary N) is 2. The van der Waals surface area contributed by atoms with Gasteiger partial charge in [0, 0.05) is 36.3 Å². The van der Waals surface area contributed by atoms with Crippen molar-refractivity contribution in [2.75, 3.05) is 28.6 Å². The zero-order valence-electron chi connectivity index (χ0n) is 15.9. The molecule has 1 amide bonds. The second kappa shape index (κ2) is 8.99. The van der Waals surface area contributed by atoms with Crippen LogP contribution in [0.5, 0.6) is 0 Å². The van der Waals surface area contributed by atoms with Crippen molar-refractivity contribution in [1.29, 1.82) is 0 Å². The normalized spacial score (nSPS) is 10.4. The molecular weight excluding hydrogens is 355 g/mol. The van der Waals surface area contributed by atoms with Crippen LogP contribution in [-0.2, 0) is 0 Å². The Hall–Kier alpha value is -3.41. The van der Waals surface area contributed by atoms with Crippen LogP contribution in [0.2, 0.25) is 0 Å². The first-order valence-corrected chi connectivity index (χ1v) is 9.23. The lowest BCUT2D eigenvalue weighted by molar-refractivity contribution is 0.102. The number of hydrogen-bond donors (Lipinski definition) is 2. The van der Waals surface area contributed by atoms with Crippen LogP contribution in [0, 0.1) is 5.82 Å². The molecule has 0 spiro atoms. The number of anilines is 4. The molecule has 3 aromatic rings. The molecule has 1 heterocycles. The third-order valence-electron chi connectivity index (χ3n) is 4.39. The SMILES string of the molecule is CCN(CC)c1ccc(NC(=O)c2cncc(Nc3ccc(F)cc3)c2)cc1. The van der Waals surface area contributed by atoms with Crippen molar-refractivity contribution in [3.05, 3.63) is 78.4 Å². The Balaban J connectivity index is 1.68. The molecule has 0 aliphatic carbocycles. The van der Waals surface area contributed by atoms with Crippen molar-refractivity contribution in [2.45, 2.75) is 13.8 Å². The van der Waals surface area contributed by atoms with Crippen LogP contribution in [0.25, 0.3) is 0 Å². The average molecular weight is 378 g/mol. The third kappa shape index (κ3) is 4.85. The molecule has 0 unspecified atom stereocenters. The van der Waals surface area contributed by atoms with E-state index in [-0.39, 0.29) is 11.7 Å². The van der Waals surface area contributed by atoms with Crippen molar-refractivity contribution in [1.82, 2.24) is 4.98 Å². The summed E-state index contributed by atoms with van der Waals surface area (Å²) in [6, 6.07) is 15.5. The van der Waals surface area contributed by atoms with Crippen molar-refractivity contribution in [2.24, 2.45) is 0 Å². The first kappa shape index (κ1) is 19.4. The van der Waals surface area contributed by atoms with Gasteiger partial charge in [-0.15, -0.1) is 0 Å². The number of carbonyl (C=O) groups excluding carboxylic acids is 1. The maximum atomic E-state index is 13.0. The van der Waals surface area contributed by atoms with Crippen molar-refractivity contribution >= 4 is 28.7 Å². The standard InChI is InChI=1S/C22H23FN4O/c1-3-27(4-2)21-11-9-19(10-12-21)26-22(28)16-13-20(15-24-14-16)25-18-7-5-17(23)6-8-18/h5-15,25H,3-4H2,1-2H3,(H,26,28). The second-order valence-electron chi connectivity index (χ2n) is 6.27. The summed E-state index contributed by atoms with van der Waals surface area (Å²) in [6.07, 6.45) is 3.12.